The van der Waals surface area contributed by atoms with Crippen LogP contribution in [0.1, 0.15) is 55.0 Å². The van der Waals surface area contributed by atoms with E-state index in [-0.39, 0.29) is 0 Å². The van der Waals surface area contributed by atoms with Crippen LogP contribution in [0.3, 0.4) is 0 Å². The fraction of sp³-hybridized carbons (Fsp3) is 0.382. The van der Waals surface area contributed by atoms with Crippen molar-refractivity contribution in [2.24, 2.45) is 5.92 Å². The number of halogens is 1. The molecular formula is C34H37ClN6O2. The molecule has 0 amide bonds. The van der Waals surface area contributed by atoms with Crippen LogP contribution in [-0.2, 0) is 31.8 Å². The fourth-order valence-electron chi connectivity index (χ4n) is 6.46. The van der Waals surface area contributed by atoms with Crippen molar-refractivity contribution >= 4 is 22.6 Å². The molecule has 0 aliphatic carbocycles. The summed E-state index contributed by atoms with van der Waals surface area (Å²) in [6, 6.07) is 16.4. The van der Waals surface area contributed by atoms with Crippen LogP contribution >= 0.6 is 11.6 Å². The number of hydrogen-bond donors (Lipinski definition) is 0. The summed E-state index contributed by atoms with van der Waals surface area (Å²) in [5, 5.41) is 0.589. The van der Waals surface area contributed by atoms with Crippen molar-refractivity contribution < 1.29 is 9.47 Å². The molecule has 1 fully saturated rings. The lowest BCUT2D eigenvalue weighted by molar-refractivity contribution is -0.0721. The van der Waals surface area contributed by atoms with E-state index in [2.05, 4.69) is 68.2 Å². The smallest absolute Gasteiger partial charge is 0.292 e. The van der Waals surface area contributed by atoms with Crippen molar-refractivity contribution in [3.63, 3.8) is 0 Å². The molecule has 222 valence electrons. The SMILES string of the molecule is CCn1cncc1Cn1c(CN2CCC(Cc3cccc4c3OC(C)(c3ccc(Cl)cn3)O4)CC2)nc2ccc(C)cc21. The van der Waals surface area contributed by atoms with Gasteiger partial charge in [-0.05, 0) is 93.6 Å². The van der Waals surface area contributed by atoms with E-state index < -0.39 is 5.79 Å². The molecule has 5 heterocycles. The van der Waals surface area contributed by atoms with Crippen LogP contribution in [0.2, 0.25) is 5.02 Å². The zero-order valence-corrected chi connectivity index (χ0v) is 25.7. The first-order valence-corrected chi connectivity index (χ1v) is 15.6. The van der Waals surface area contributed by atoms with Gasteiger partial charge in [-0.3, -0.25) is 9.88 Å². The highest BCUT2D eigenvalue weighted by molar-refractivity contribution is 6.30. The molecule has 43 heavy (non-hydrogen) atoms. The number of imidazole rings is 2. The molecule has 5 aromatic rings. The van der Waals surface area contributed by atoms with Gasteiger partial charge in [0, 0.05) is 25.9 Å². The van der Waals surface area contributed by atoms with E-state index in [1.54, 1.807) is 6.20 Å². The second kappa shape index (κ2) is 11.3. The zero-order chi connectivity index (χ0) is 29.6. The molecule has 3 aromatic heterocycles. The van der Waals surface area contributed by atoms with E-state index >= 15 is 0 Å². The molecule has 1 saturated heterocycles. The van der Waals surface area contributed by atoms with Crippen molar-refractivity contribution in [3.8, 4) is 11.5 Å². The average molecular weight is 597 g/mol. The molecule has 0 bridgehead atoms. The number of hydrogen-bond acceptors (Lipinski definition) is 6. The van der Waals surface area contributed by atoms with Crippen molar-refractivity contribution in [1.82, 2.24) is 29.0 Å². The maximum Gasteiger partial charge on any atom is 0.292 e. The van der Waals surface area contributed by atoms with Crippen molar-refractivity contribution in [2.45, 2.75) is 65.5 Å². The van der Waals surface area contributed by atoms with Gasteiger partial charge < -0.3 is 18.6 Å². The number of rotatable bonds is 8. The van der Waals surface area contributed by atoms with Crippen LogP contribution in [0.5, 0.6) is 11.5 Å². The number of aryl methyl sites for hydroxylation is 2. The molecule has 2 aromatic carbocycles. The van der Waals surface area contributed by atoms with Crippen LogP contribution in [0.25, 0.3) is 11.0 Å². The predicted molar refractivity (Wildman–Crippen MR) is 167 cm³/mol. The number of para-hydroxylation sites is 1. The van der Waals surface area contributed by atoms with Crippen LogP contribution in [0, 0.1) is 12.8 Å². The number of likely N-dealkylation sites (tertiary alicyclic amines) is 1. The summed E-state index contributed by atoms with van der Waals surface area (Å²) in [6.07, 6.45) is 8.74. The summed E-state index contributed by atoms with van der Waals surface area (Å²) in [6.45, 7) is 10.8. The summed E-state index contributed by atoms with van der Waals surface area (Å²) < 4.78 is 17.3. The average Bonchev–Trinajstić information content (AvgIpc) is 3.70. The van der Waals surface area contributed by atoms with Gasteiger partial charge in [-0.1, -0.05) is 29.8 Å². The molecule has 0 spiro atoms. The van der Waals surface area contributed by atoms with E-state index in [0.29, 0.717) is 16.6 Å². The van der Waals surface area contributed by atoms with E-state index in [1.165, 1.54) is 22.3 Å². The van der Waals surface area contributed by atoms with Gasteiger partial charge in [-0.15, -0.1) is 0 Å². The Balaban J connectivity index is 1.04. The summed E-state index contributed by atoms with van der Waals surface area (Å²) >= 11 is 6.06. The third-order valence-electron chi connectivity index (χ3n) is 8.88. The minimum absolute atomic E-state index is 0.576. The first-order chi connectivity index (χ1) is 20.9. The molecule has 1 atom stereocenters. The van der Waals surface area contributed by atoms with Crippen molar-refractivity contribution in [2.75, 3.05) is 13.1 Å². The van der Waals surface area contributed by atoms with Gasteiger partial charge in [0.25, 0.3) is 5.79 Å². The van der Waals surface area contributed by atoms with Gasteiger partial charge in [0.2, 0.25) is 0 Å². The number of fused-ring (bicyclic) bond motifs is 2. The molecule has 7 rings (SSSR count). The highest BCUT2D eigenvalue weighted by Crippen LogP contribution is 2.46. The minimum atomic E-state index is -0.967. The monoisotopic (exact) mass is 596 g/mol. The molecule has 0 radical (unpaired) electrons. The molecule has 0 N–H and O–H groups in total. The van der Waals surface area contributed by atoms with Crippen molar-refractivity contribution in [1.29, 1.82) is 0 Å². The largest absolute Gasteiger partial charge is 0.443 e. The maximum absolute atomic E-state index is 6.45. The van der Waals surface area contributed by atoms with Gasteiger partial charge >= 0.3 is 0 Å². The minimum Gasteiger partial charge on any atom is -0.443 e. The Bertz CT molecular complexity index is 1750. The predicted octanol–water partition coefficient (Wildman–Crippen LogP) is 6.76. The van der Waals surface area contributed by atoms with Gasteiger partial charge in [0.15, 0.2) is 11.5 Å². The van der Waals surface area contributed by atoms with Crippen LogP contribution < -0.4 is 9.47 Å². The number of nitrogens with zero attached hydrogens (tertiary/aromatic N) is 6. The van der Waals surface area contributed by atoms with Gasteiger partial charge in [0.05, 0.1) is 41.2 Å². The van der Waals surface area contributed by atoms with Gasteiger partial charge in [-0.2, -0.15) is 0 Å². The molecule has 1 unspecified atom stereocenters. The van der Waals surface area contributed by atoms with Crippen LogP contribution in [-0.4, -0.2) is 42.1 Å². The second-order valence-electron chi connectivity index (χ2n) is 12.0. The molecule has 2 aliphatic rings. The van der Waals surface area contributed by atoms with Crippen LogP contribution in [0.15, 0.2) is 67.3 Å². The Labute approximate surface area is 257 Å². The molecule has 9 heteroatoms. The normalized spacial score (nSPS) is 19.0. The third-order valence-corrected chi connectivity index (χ3v) is 9.10. The Morgan fingerprint density at radius 3 is 2.67 bits per heavy atom. The quantitative estimate of drug-likeness (QED) is 0.197. The first kappa shape index (κ1) is 27.9. The van der Waals surface area contributed by atoms with E-state index in [0.717, 1.165) is 74.8 Å². The molecule has 2 aliphatic heterocycles. The molecular weight excluding hydrogens is 560 g/mol. The maximum atomic E-state index is 6.45. The molecule has 0 saturated carbocycles. The Hall–Kier alpha value is -3.88. The van der Waals surface area contributed by atoms with E-state index in [9.17, 15) is 0 Å². The number of piperidine rings is 1. The van der Waals surface area contributed by atoms with E-state index in [1.807, 2.05) is 37.6 Å². The third kappa shape index (κ3) is 5.50. The van der Waals surface area contributed by atoms with Gasteiger partial charge in [0.1, 0.15) is 11.5 Å². The summed E-state index contributed by atoms with van der Waals surface area (Å²) in [7, 11) is 0. The Kier molecular flexibility index (Phi) is 7.35. The lowest BCUT2D eigenvalue weighted by atomic mass is 9.89. The topological polar surface area (TPSA) is 70.2 Å². The summed E-state index contributed by atoms with van der Waals surface area (Å²) in [5.74, 6) is 2.33. The number of ether oxygens (including phenoxy) is 2. The lowest BCUT2D eigenvalue weighted by Gasteiger charge is -2.32. The number of benzene rings is 2. The summed E-state index contributed by atoms with van der Waals surface area (Å²) in [4.78, 5) is 16.5. The van der Waals surface area contributed by atoms with Crippen molar-refractivity contribution in [3.05, 3.63) is 101 Å². The standard InChI is InChI=1S/C34H37ClN6O2/c1-4-40-22-36-19-27(40)20-41-29-16-23(2)8-10-28(29)38-32(41)21-39-14-12-24(13-15-39)17-25-6-5-7-30-33(25)43-34(3,42-30)31-11-9-26(35)18-37-31/h5-11,16,18-19,22,24H,4,12-15,17,20-21H2,1-3H3. The fourth-order valence-corrected chi connectivity index (χ4v) is 6.57. The van der Waals surface area contributed by atoms with Crippen LogP contribution in [0.4, 0.5) is 0 Å². The zero-order valence-electron chi connectivity index (χ0n) is 25.0. The summed E-state index contributed by atoms with van der Waals surface area (Å²) in [5.41, 5.74) is 6.59. The highest BCUT2D eigenvalue weighted by atomic mass is 35.5. The first-order valence-electron chi connectivity index (χ1n) is 15.2. The van der Waals surface area contributed by atoms with E-state index in [4.69, 9.17) is 26.1 Å². The Morgan fingerprint density at radius 2 is 1.88 bits per heavy atom. The second-order valence-corrected chi connectivity index (χ2v) is 12.4. The number of pyridine rings is 1. The molecule has 8 nitrogen and oxygen atoms in total. The lowest BCUT2D eigenvalue weighted by Crippen LogP contribution is -2.35. The van der Waals surface area contributed by atoms with Gasteiger partial charge in [-0.25, -0.2) is 9.97 Å². The Morgan fingerprint density at radius 1 is 1.02 bits per heavy atom. The highest BCUT2D eigenvalue weighted by Gasteiger charge is 2.41. The number of aromatic nitrogens is 5.